The number of likely N-dealkylation sites (tertiary alicyclic amines) is 1. The maximum atomic E-state index is 12.2. The molecule has 1 aliphatic heterocycles. The molecule has 4 heteroatoms. The maximum Gasteiger partial charge on any atom is 0.239 e. The monoisotopic (exact) mass is 279 g/mol. The fourth-order valence-corrected chi connectivity index (χ4v) is 3.79. The molecule has 2 unspecified atom stereocenters. The van der Waals surface area contributed by atoms with Crippen LogP contribution in [-0.4, -0.2) is 42.0 Å². The second-order valence-electron chi connectivity index (χ2n) is 7.18. The largest absolute Gasteiger partial charge is 0.368 e. The van der Waals surface area contributed by atoms with Crippen molar-refractivity contribution in [2.75, 3.05) is 19.6 Å². The van der Waals surface area contributed by atoms with Gasteiger partial charge in [-0.15, -0.1) is 0 Å². The van der Waals surface area contributed by atoms with Gasteiger partial charge in [-0.2, -0.15) is 0 Å². The Balaban J connectivity index is 1.69. The molecule has 4 nitrogen and oxygen atoms in total. The van der Waals surface area contributed by atoms with Crippen LogP contribution in [0, 0.1) is 11.8 Å². The summed E-state index contributed by atoms with van der Waals surface area (Å²) in [7, 11) is 0. The zero-order valence-electron chi connectivity index (χ0n) is 12.7. The molecule has 3 fully saturated rings. The van der Waals surface area contributed by atoms with Crippen molar-refractivity contribution in [3.63, 3.8) is 0 Å². The van der Waals surface area contributed by atoms with Gasteiger partial charge in [-0.05, 0) is 56.9 Å². The van der Waals surface area contributed by atoms with Gasteiger partial charge in [0.25, 0.3) is 0 Å². The molecule has 3 N–H and O–H groups in total. The molecule has 0 spiro atoms. The summed E-state index contributed by atoms with van der Waals surface area (Å²) in [5.74, 6) is 1.16. The Morgan fingerprint density at radius 3 is 2.60 bits per heavy atom. The molecule has 0 aromatic rings. The van der Waals surface area contributed by atoms with Gasteiger partial charge in [0.05, 0.1) is 0 Å². The third-order valence-corrected chi connectivity index (χ3v) is 5.41. The number of amides is 1. The minimum atomic E-state index is -0.448. The Kier molecular flexibility index (Phi) is 4.04. The zero-order chi connectivity index (χ0) is 14.2. The van der Waals surface area contributed by atoms with Crippen LogP contribution in [0.4, 0.5) is 0 Å². The van der Waals surface area contributed by atoms with Gasteiger partial charge in [0.2, 0.25) is 5.91 Å². The van der Waals surface area contributed by atoms with Crippen LogP contribution in [0.15, 0.2) is 0 Å². The second-order valence-corrected chi connectivity index (χ2v) is 7.18. The first-order valence-electron chi connectivity index (χ1n) is 8.44. The SMILES string of the molecule is CCC1CCCN(CC(NC2CC2)(C(N)=O)C2CC2)C1. The predicted octanol–water partition coefficient (Wildman–Crippen LogP) is 1.49. The van der Waals surface area contributed by atoms with Crippen LogP contribution in [0.5, 0.6) is 0 Å². The van der Waals surface area contributed by atoms with Crippen LogP contribution < -0.4 is 11.1 Å². The van der Waals surface area contributed by atoms with Crippen molar-refractivity contribution >= 4 is 5.91 Å². The molecule has 3 rings (SSSR count). The van der Waals surface area contributed by atoms with Crippen LogP contribution in [0.2, 0.25) is 0 Å². The quantitative estimate of drug-likeness (QED) is 0.742. The Bertz CT molecular complexity index is 365. The van der Waals surface area contributed by atoms with E-state index in [0.717, 1.165) is 38.4 Å². The van der Waals surface area contributed by atoms with E-state index in [1.165, 1.54) is 32.1 Å². The highest BCUT2D eigenvalue weighted by Crippen LogP contribution is 2.42. The number of piperidine rings is 1. The van der Waals surface area contributed by atoms with Crippen molar-refractivity contribution in [2.45, 2.75) is 63.5 Å². The van der Waals surface area contributed by atoms with Crippen LogP contribution >= 0.6 is 0 Å². The second kappa shape index (κ2) is 5.64. The van der Waals surface area contributed by atoms with E-state index in [2.05, 4.69) is 17.1 Å². The van der Waals surface area contributed by atoms with Crippen LogP contribution in [0.25, 0.3) is 0 Å². The molecule has 2 atom stereocenters. The van der Waals surface area contributed by atoms with E-state index in [0.29, 0.717) is 12.0 Å². The van der Waals surface area contributed by atoms with E-state index >= 15 is 0 Å². The van der Waals surface area contributed by atoms with Crippen molar-refractivity contribution in [3.05, 3.63) is 0 Å². The van der Waals surface area contributed by atoms with Crippen molar-refractivity contribution < 1.29 is 4.79 Å². The molecule has 114 valence electrons. The molecule has 0 aromatic heterocycles. The van der Waals surface area contributed by atoms with Crippen LogP contribution in [0.1, 0.15) is 51.9 Å². The molecule has 1 amide bonds. The van der Waals surface area contributed by atoms with E-state index < -0.39 is 5.54 Å². The first kappa shape index (κ1) is 14.3. The lowest BCUT2D eigenvalue weighted by atomic mass is 9.88. The molecule has 1 saturated heterocycles. The summed E-state index contributed by atoms with van der Waals surface area (Å²) in [6.07, 6.45) is 8.59. The van der Waals surface area contributed by atoms with Crippen molar-refractivity contribution in [1.82, 2.24) is 10.2 Å². The average molecular weight is 279 g/mol. The molecule has 2 saturated carbocycles. The standard InChI is InChI=1S/C16H29N3O/c1-2-12-4-3-9-19(10-12)11-16(15(17)20,13-5-6-13)18-14-7-8-14/h12-14,18H,2-11H2,1H3,(H2,17,20). The summed E-state index contributed by atoms with van der Waals surface area (Å²) in [6, 6.07) is 0.537. The number of hydrogen-bond donors (Lipinski definition) is 2. The van der Waals surface area contributed by atoms with E-state index in [1.807, 2.05) is 0 Å². The molecule has 3 aliphatic rings. The number of rotatable bonds is 7. The summed E-state index contributed by atoms with van der Waals surface area (Å²) in [5.41, 5.74) is 5.40. The molecule has 0 bridgehead atoms. The minimum Gasteiger partial charge on any atom is -0.368 e. The summed E-state index contributed by atoms with van der Waals surface area (Å²) >= 11 is 0. The highest BCUT2D eigenvalue weighted by Gasteiger charge is 2.52. The number of hydrogen-bond acceptors (Lipinski definition) is 3. The molecular weight excluding hydrogens is 250 g/mol. The topological polar surface area (TPSA) is 58.4 Å². The highest BCUT2D eigenvalue weighted by molar-refractivity contribution is 5.86. The third-order valence-electron chi connectivity index (χ3n) is 5.41. The van der Waals surface area contributed by atoms with Crippen LogP contribution in [-0.2, 0) is 4.79 Å². The van der Waals surface area contributed by atoms with Crippen molar-refractivity contribution in [2.24, 2.45) is 17.6 Å². The van der Waals surface area contributed by atoms with Crippen molar-refractivity contribution in [3.8, 4) is 0 Å². The molecule has 0 radical (unpaired) electrons. The molecular formula is C16H29N3O. The summed E-state index contributed by atoms with van der Waals surface area (Å²) in [4.78, 5) is 14.7. The first-order valence-corrected chi connectivity index (χ1v) is 8.44. The van der Waals surface area contributed by atoms with E-state index in [4.69, 9.17) is 5.73 Å². The number of nitrogens with one attached hydrogen (secondary N) is 1. The fraction of sp³-hybridized carbons (Fsp3) is 0.938. The Morgan fingerprint density at radius 2 is 2.05 bits per heavy atom. The Labute approximate surface area is 122 Å². The van der Waals surface area contributed by atoms with E-state index in [1.54, 1.807) is 0 Å². The number of carbonyl (C=O) groups is 1. The summed E-state index contributed by atoms with van der Waals surface area (Å²) in [6.45, 7) is 5.38. The molecule has 0 aromatic carbocycles. The normalized spacial score (nSPS) is 30.9. The zero-order valence-corrected chi connectivity index (χ0v) is 12.7. The van der Waals surface area contributed by atoms with Gasteiger partial charge in [0.1, 0.15) is 5.54 Å². The van der Waals surface area contributed by atoms with Gasteiger partial charge in [-0.25, -0.2) is 0 Å². The molecule has 1 heterocycles. The van der Waals surface area contributed by atoms with Crippen molar-refractivity contribution in [1.29, 1.82) is 0 Å². The van der Waals surface area contributed by atoms with E-state index in [9.17, 15) is 4.79 Å². The lowest BCUT2D eigenvalue weighted by Gasteiger charge is -2.40. The number of primary amides is 1. The van der Waals surface area contributed by atoms with Crippen LogP contribution in [0.3, 0.4) is 0 Å². The third kappa shape index (κ3) is 3.01. The molecule has 2 aliphatic carbocycles. The minimum absolute atomic E-state index is 0.120. The first-order chi connectivity index (χ1) is 9.64. The lowest BCUT2D eigenvalue weighted by Crippen LogP contribution is -2.64. The lowest BCUT2D eigenvalue weighted by molar-refractivity contribution is -0.126. The van der Waals surface area contributed by atoms with Gasteiger partial charge in [-0.3, -0.25) is 10.1 Å². The average Bonchev–Trinajstić information content (AvgIpc) is 3.30. The number of carbonyl (C=O) groups excluding carboxylic acids is 1. The van der Waals surface area contributed by atoms with E-state index in [-0.39, 0.29) is 5.91 Å². The Hall–Kier alpha value is -0.610. The highest BCUT2D eigenvalue weighted by atomic mass is 16.1. The fourth-order valence-electron chi connectivity index (χ4n) is 3.79. The van der Waals surface area contributed by atoms with Gasteiger partial charge >= 0.3 is 0 Å². The smallest absolute Gasteiger partial charge is 0.239 e. The number of nitrogens with two attached hydrogens (primary N) is 1. The van der Waals surface area contributed by atoms with Gasteiger partial charge < -0.3 is 10.6 Å². The maximum absolute atomic E-state index is 12.2. The summed E-state index contributed by atoms with van der Waals surface area (Å²) < 4.78 is 0. The Morgan fingerprint density at radius 1 is 1.30 bits per heavy atom. The van der Waals surface area contributed by atoms with Gasteiger partial charge in [-0.1, -0.05) is 13.3 Å². The molecule has 20 heavy (non-hydrogen) atoms. The number of nitrogens with zero attached hydrogens (tertiary/aromatic N) is 1. The van der Waals surface area contributed by atoms with Gasteiger partial charge in [0, 0.05) is 19.1 Å². The predicted molar refractivity (Wildman–Crippen MR) is 80.3 cm³/mol. The summed E-state index contributed by atoms with van der Waals surface area (Å²) in [5, 5.41) is 3.63. The van der Waals surface area contributed by atoms with Gasteiger partial charge in [0.15, 0.2) is 0 Å².